The predicted molar refractivity (Wildman–Crippen MR) is 98.1 cm³/mol. The van der Waals surface area contributed by atoms with Crippen molar-refractivity contribution in [1.29, 1.82) is 5.26 Å². The third kappa shape index (κ3) is 2.28. The lowest BCUT2D eigenvalue weighted by molar-refractivity contribution is 0.0646. The van der Waals surface area contributed by atoms with E-state index in [1.807, 2.05) is 17.2 Å². The molecule has 2 bridgehead atoms. The van der Waals surface area contributed by atoms with Crippen molar-refractivity contribution in [2.75, 3.05) is 18.0 Å². The molecule has 0 aliphatic carbocycles. The predicted octanol–water partition coefficient (Wildman–Crippen LogP) is 2.38. The molecule has 2 fully saturated rings. The van der Waals surface area contributed by atoms with Gasteiger partial charge < -0.3 is 14.8 Å². The van der Waals surface area contributed by atoms with Gasteiger partial charge in [-0.15, -0.1) is 11.3 Å². The lowest BCUT2D eigenvalue weighted by Gasteiger charge is -2.41. The van der Waals surface area contributed by atoms with Crippen LogP contribution in [0.5, 0.6) is 0 Å². The summed E-state index contributed by atoms with van der Waals surface area (Å²) in [4.78, 5) is 30.4. The monoisotopic (exact) mass is 364 g/mol. The Kier molecular flexibility index (Phi) is 3.43. The average molecular weight is 364 g/mol. The first kappa shape index (κ1) is 15.3. The minimum Gasteiger partial charge on any atom is -0.352 e. The second-order valence-corrected chi connectivity index (χ2v) is 7.80. The number of aromatic amines is 1. The Labute approximate surface area is 153 Å². The van der Waals surface area contributed by atoms with Crippen LogP contribution in [-0.4, -0.2) is 50.9 Å². The maximum Gasteiger partial charge on any atom is 0.264 e. The number of nitrogens with zero attached hydrogens (tertiary/aromatic N) is 5. The lowest BCUT2D eigenvalue weighted by atomic mass is 10.1. The summed E-state index contributed by atoms with van der Waals surface area (Å²) in [6.07, 6.45) is 5.47. The molecule has 0 radical (unpaired) electrons. The minimum absolute atomic E-state index is 0.0538. The summed E-state index contributed by atoms with van der Waals surface area (Å²) < 4.78 is 0. The Morgan fingerprint density at radius 1 is 1.23 bits per heavy atom. The smallest absolute Gasteiger partial charge is 0.264 e. The number of thiophene rings is 1. The molecule has 5 heterocycles. The Morgan fingerprint density at radius 3 is 2.77 bits per heavy atom. The third-order valence-electron chi connectivity index (χ3n) is 5.28. The zero-order valence-corrected chi connectivity index (χ0v) is 14.7. The zero-order valence-electron chi connectivity index (χ0n) is 13.9. The van der Waals surface area contributed by atoms with Crippen molar-refractivity contribution in [2.45, 2.75) is 24.9 Å². The van der Waals surface area contributed by atoms with Gasteiger partial charge in [0.05, 0.1) is 22.3 Å². The molecule has 2 saturated heterocycles. The number of rotatable bonds is 2. The maximum absolute atomic E-state index is 13.0. The second-order valence-electron chi connectivity index (χ2n) is 6.72. The van der Waals surface area contributed by atoms with E-state index in [4.69, 9.17) is 5.26 Å². The van der Waals surface area contributed by atoms with Crippen molar-refractivity contribution in [3.8, 4) is 6.07 Å². The zero-order chi connectivity index (χ0) is 17.7. The molecule has 0 aromatic carbocycles. The Balaban J connectivity index is 1.42. The van der Waals surface area contributed by atoms with Gasteiger partial charge in [0.25, 0.3) is 5.91 Å². The summed E-state index contributed by atoms with van der Waals surface area (Å²) in [6.45, 7) is 1.55. The molecule has 0 saturated carbocycles. The van der Waals surface area contributed by atoms with E-state index in [2.05, 4.69) is 25.9 Å². The molecule has 1 N–H and O–H groups in total. The van der Waals surface area contributed by atoms with Crippen LogP contribution in [0.3, 0.4) is 0 Å². The number of hydrogen-bond donors (Lipinski definition) is 1. The number of anilines is 1. The van der Waals surface area contributed by atoms with Gasteiger partial charge >= 0.3 is 0 Å². The third-order valence-corrected chi connectivity index (χ3v) is 6.25. The molecule has 2 aliphatic heterocycles. The highest BCUT2D eigenvalue weighted by Crippen LogP contribution is 2.35. The highest BCUT2D eigenvalue weighted by molar-refractivity contribution is 7.14. The topological polar surface area (TPSA) is 88.9 Å². The number of nitrogens with one attached hydrogen (secondary N) is 1. The number of H-pyrrole nitrogens is 1. The number of aromatic nitrogens is 3. The molecule has 2 unspecified atom stereocenters. The summed E-state index contributed by atoms with van der Waals surface area (Å²) in [6, 6.07) is 7.96. The van der Waals surface area contributed by atoms with Crippen molar-refractivity contribution in [1.82, 2.24) is 19.9 Å². The van der Waals surface area contributed by atoms with Crippen LogP contribution in [0.2, 0.25) is 0 Å². The van der Waals surface area contributed by atoms with Crippen molar-refractivity contribution in [3.63, 3.8) is 0 Å². The Bertz CT molecular complexity index is 1020. The molecule has 2 atom stereocenters. The summed E-state index contributed by atoms with van der Waals surface area (Å²) in [5, 5.41) is 10.0. The van der Waals surface area contributed by atoms with Gasteiger partial charge in [0.1, 0.15) is 28.7 Å². The molecule has 7 nitrogen and oxygen atoms in total. The van der Waals surface area contributed by atoms with Crippen LogP contribution in [0.25, 0.3) is 11.0 Å². The van der Waals surface area contributed by atoms with E-state index < -0.39 is 0 Å². The highest BCUT2D eigenvalue weighted by atomic mass is 32.1. The normalized spacial score (nSPS) is 22.0. The molecule has 130 valence electrons. The van der Waals surface area contributed by atoms with Crippen molar-refractivity contribution >= 4 is 34.1 Å². The van der Waals surface area contributed by atoms with Crippen LogP contribution in [0.15, 0.2) is 30.7 Å². The second kappa shape index (κ2) is 5.81. The highest BCUT2D eigenvalue weighted by Gasteiger charge is 2.43. The first-order valence-corrected chi connectivity index (χ1v) is 9.42. The van der Waals surface area contributed by atoms with E-state index >= 15 is 0 Å². The van der Waals surface area contributed by atoms with E-state index in [-0.39, 0.29) is 18.0 Å². The van der Waals surface area contributed by atoms with Gasteiger partial charge in [0.2, 0.25) is 0 Å². The molecule has 0 spiro atoms. The lowest BCUT2D eigenvalue weighted by Crippen LogP contribution is -2.56. The first-order valence-electron chi connectivity index (χ1n) is 8.60. The average Bonchev–Trinajstić information content (AvgIpc) is 3.38. The molecule has 1 amide bonds. The summed E-state index contributed by atoms with van der Waals surface area (Å²) >= 11 is 1.28. The van der Waals surface area contributed by atoms with Crippen molar-refractivity contribution < 1.29 is 4.79 Å². The van der Waals surface area contributed by atoms with Gasteiger partial charge in [-0.2, -0.15) is 5.26 Å². The molecule has 3 aromatic heterocycles. The molecule has 26 heavy (non-hydrogen) atoms. The number of piperazine rings is 1. The Morgan fingerprint density at radius 2 is 2.04 bits per heavy atom. The van der Waals surface area contributed by atoms with Gasteiger partial charge in [-0.1, -0.05) is 0 Å². The summed E-state index contributed by atoms with van der Waals surface area (Å²) in [7, 11) is 0. The van der Waals surface area contributed by atoms with Crippen LogP contribution >= 0.6 is 11.3 Å². The fourth-order valence-electron chi connectivity index (χ4n) is 4.16. The number of fused-ring (bicyclic) bond motifs is 3. The summed E-state index contributed by atoms with van der Waals surface area (Å²) in [5.41, 5.74) is 0.837. The van der Waals surface area contributed by atoms with Gasteiger partial charge in [-0.25, -0.2) is 9.97 Å². The van der Waals surface area contributed by atoms with Gasteiger partial charge in [-0.3, -0.25) is 4.79 Å². The number of amides is 1. The van der Waals surface area contributed by atoms with E-state index in [0.717, 1.165) is 42.8 Å². The molecular weight excluding hydrogens is 348 g/mol. The van der Waals surface area contributed by atoms with E-state index in [1.54, 1.807) is 18.5 Å². The van der Waals surface area contributed by atoms with E-state index in [9.17, 15) is 4.79 Å². The molecule has 2 aliphatic rings. The molecule has 3 aromatic rings. The standard InChI is InChI=1S/C18H16N6OS/c19-7-13-3-4-15(26-13)18(25)24-11-1-2-12(24)9-23(8-11)17-14-5-6-20-16(14)21-10-22-17/h3-6,10-12H,1-2,8-9H2,(H,20,21,22). The number of nitriles is 1. The fourth-order valence-corrected chi connectivity index (χ4v) is 4.91. The number of carbonyl (C=O) groups excluding carboxylic acids is 1. The van der Waals surface area contributed by atoms with Crippen molar-refractivity contribution in [2.24, 2.45) is 0 Å². The van der Waals surface area contributed by atoms with Crippen LogP contribution < -0.4 is 4.90 Å². The quantitative estimate of drug-likeness (QED) is 0.754. The maximum atomic E-state index is 13.0. The van der Waals surface area contributed by atoms with Gasteiger partial charge in [-0.05, 0) is 31.0 Å². The molecule has 8 heteroatoms. The minimum atomic E-state index is 0.0538. The number of hydrogen-bond acceptors (Lipinski definition) is 6. The largest absolute Gasteiger partial charge is 0.352 e. The van der Waals surface area contributed by atoms with E-state index in [1.165, 1.54) is 11.3 Å². The molecule has 5 rings (SSSR count). The SMILES string of the molecule is N#Cc1ccc(C(=O)N2C3CCC2CN(c2ncnc4[nH]ccc24)C3)s1. The van der Waals surface area contributed by atoms with Gasteiger partial charge in [0.15, 0.2) is 0 Å². The Hall–Kier alpha value is -2.92. The van der Waals surface area contributed by atoms with Crippen LogP contribution in [0, 0.1) is 11.3 Å². The van der Waals surface area contributed by atoms with Gasteiger partial charge in [0, 0.05) is 19.3 Å². The number of carbonyl (C=O) groups is 1. The van der Waals surface area contributed by atoms with Crippen molar-refractivity contribution in [3.05, 3.63) is 40.5 Å². The van der Waals surface area contributed by atoms with E-state index in [0.29, 0.717) is 9.75 Å². The van der Waals surface area contributed by atoms with Crippen LogP contribution in [0.1, 0.15) is 27.4 Å². The molecular formula is C18H16N6OS. The van der Waals surface area contributed by atoms with Crippen LogP contribution in [0.4, 0.5) is 5.82 Å². The first-order chi connectivity index (χ1) is 12.7. The summed E-state index contributed by atoms with van der Waals surface area (Å²) in [5.74, 6) is 0.987. The fraction of sp³-hybridized carbons (Fsp3) is 0.333. The van der Waals surface area contributed by atoms with Crippen LogP contribution in [-0.2, 0) is 0 Å².